The predicted molar refractivity (Wildman–Crippen MR) is 81.6 cm³/mol. The largest absolute Gasteiger partial charge is 0.486 e. The van der Waals surface area contributed by atoms with E-state index in [1.165, 1.54) is 11.3 Å². The number of ether oxygens (including phenoxy) is 2. The van der Waals surface area contributed by atoms with Crippen LogP contribution in [-0.4, -0.2) is 10.2 Å². The van der Waals surface area contributed by atoms with Gasteiger partial charge in [0.25, 0.3) is 0 Å². The molecule has 3 rings (SSSR count). The summed E-state index contributed by atoms with van der Waals surface area (Å²) in [7, 11) is 0. The summed E-state index contributed by atoms with van der Waals surface area (Å²) < 4.78 is 11.3. The van der Waals surface area contributed by atoms with E-state index in [0.29, 0.717) is 11.7 Å². The highest BCUT2D eigenvalue weighted by Crippen LogP contribution is 2.24. The molecule has 21 heavy (non-hydrogen) atoms. The van der Waals surface area contributed by atoms with E-state index < -0.39 is 0 Å². The first-order valence-corrected chi connectivity index (χ1v) is 7.15. The van der Waals surface area contributed by atoms with Gasteiger partial charge in [0.2, 0.25) is 5.13 Å². The fourth-order valence-corrected chi connectivity index (χ4v) is 2.22. The second-order valence-electron chi connectivity index (χ2n) is 4.21. The van der Waals surface area contributed by atoms with Crippen molar-refractivity contribution < 1.29 is 9.47 Å². The van der Waals surface area contributed by atoms with Gasteiger partial charge in [-0.2, -0.15) is 0 Å². The van der Waals surface area contributed by atoms with Crippen molar-refractivity contribution in [1.82, 2.24) is 10.2 Å². The van der Waals surface area contributed by atoms with Crippen LogP contribution in [0.4, 0.5) is 5.13 Å². The van der Waals surface area contributed by atoms with E-state index in [4.69, 9.17) is 15.2 Å². The van der Waals surface area contributed by atoms with Crippen LogP contribution in [0.15, 0.2) is 54.6 Å². The molecule has 0 aliphatic heterocycles. The molecule has 0 unspecified atom stereocenters. The number of aromatic nitrogens is 2. The van der Waals surface area contributed by atoms with Gasteiger partial charge in [-0.1, -0.05) is 29.5 Å². The third-order valence-electron chi connectivity index (χ3n) is 2.65. The molecule has 0 radical (unpaired) electrons. The highest BCUT2D eigenvalue weighted by atomic mass is 32.1. The van der Waals surface area contributed by atoms with Gasteiger partial charge >= 0.3 is 0 Å². The number of hydrogen-bond acceptors (Lipinski definition) is 6. The average molecular weight is 299 g/mol. The zero-order valence-corrected chi connectivity index (χ0v) is 11.9. The molecule has 3 aromatic rings. The molecular formula is C15H13N3O2S. The first-order chi connectivity index (χ1) is 10.3. The number of nitrogen functional groups attached to an aromatic ring is 1. The van der Waals surface area contributed by atoms with E-state index >= 15 is 0 Å². The minimum absolute atomic E-state index is 0.355. The monoisotopic (exact) mass is 299 g/mol. The van der Waals surface area contributed by atoms with Gasteiger partial charge in [-0.05, 0) is 36.4 Å². The third kappa shape index (κ3) is 3.70. The molecule has 2 aromatic carbocycles. The molecule has 1 heterocycles. The first kappa shape index (κ1) is 13.4. The molecule has 0 spiro atoms. The number of nitrogens with zero attached hydrogens (tertiary/aromatic N) is 2. The van der Waals surface area contributed by atoms with E-state index in [0.717, 1.165) is 22.3 Å². The van der Waals surface area contributed by atoms with Crippen LogP contribution in [0.25, 0.3) is 0 Å². The maximum atomic E-state index is 5.71. The molecule has 0 amide bonds. The Balaban J connectivity index is 1.59. The van der Waals surface area contributed by atoms with Gasteiger partial charge in [0, 0.05) is 0 Å². The standard InChI is InChI=1S/C15H13N3O2S/c16-15-18-17-14(21-15)10-19-11-6-8-13(9-7-11)20-12-4-2-1-3-5-12/h1-9H,10H2,(H2,16,18). The number of benzene rings is 2. The zero-order valence-electron chi connectivity index (χ0n) is 11.1. The maximum absolute atomic E-state index is 5.71. The lowest BCUT2D eigenvalue weighted by molar-refractivity contribution is 0.304. The zero-order chi connectivity index (χ0) is 14.5. The number of anilines is 1. The van der Waals surface area contributed by atoms with Gasteiger partial charge < -0.3 is 15.2 Å². The number of para-hydroxylation sites is 1. The van der Waals surface area contributed by atoms with E-state index in [1.807, 2.05) is 54.6 Å². The molecular weight excluding hydrogens is 286 g/mol. The lowest BCUT2D eigenvalue weighted by Gasteiger charge is -2.07. The molecule has 6 heteroatoms. The summed E-state index contributed by atoms with van der Waals surface area (Å²) in [5.41, 5.74) is 5.51. The van der Waals surface area contributed by atoms with Gasteiger partial charge in [-0.3, -0.25) is 0 Å². The van der Waals surface area contributed by atoms with Crippen molar-refractivity contribution in [2.75, 3.05) is 5.73 Å². The highest BCUT2D eigenvalue weighted by molar-refractivity contribution is 7.15. The van der Waals surface area contributed by atoms with Crippen LogP contribution in [-0.2, 0) is 6.61 Å². The molecule has 0 saturated carbocycles. The maximum Gasteiger partial charge on any atom is 0.203 e. The van der Waals surface area contributed by atoms with E-state index in [9.17, 15) is 0 Å². The third-order valence-corrected chi connectivity index (χ3v) is 3.37. The van der Waals surface area contributed by atoms with Crippen LogP contribution in [0.1, 0.15) is 5.01 Å². The van der Waals surface area contributed by atoms with Gasteiger partial charge in [-0.15, -0.1) is 10.2 Å². The minimum Gasteiger partial charge on any atom is -0.486 e. The summed E-state index contributed by atoms with van der Waals surface area (Å²) in [6, 6.07) is 17.0. The molecule has 5 nitrogen and oxygen atoms in total. The number of rotatable bonds is 5. The molecule has 0 aliphatic carbocycles. The second-order valence-corrected chi connectivity index (χ2v) is 5.30. The van der Waals surface area contributed by atoms with Crippen LogP contribution in [0, 0.1) is 0 Å². The minimum atomic E-state index is 0.355. The highest BCUT2D eigenvalue weighted by Gasteiger charge is 2.03. The molecule has 1 aromatic heterocycles. The fourth-order valence-electron chi connectivity index (χ4n) is 1.70. The van der Waals surface area contributed by atoms with Gasteiger partial charge in [0.15, 0.2) is 5.01 Å². The normalized spacial score (nSPS) is 10.3. The summed E-state index contributed by atoms with van der Waals surface area (Å²) >= 11 is 1.32. The lowest BCUT2D eigenvalue weighted by Crippen LogP contribution is -1.94. The molecule has 0 atom stereocenters. The fraction of sp³-hybridized carbons (Fsp3) is 0.0667. The molecule has 0 fully saturated rings. The van der Waals surface area contributed by atoms with Crippen LogP contribution < -0.4 is 15.2 Å². The SMILES string of the molecule is Nc1nnc(COc2ccc(Oc3ccccc3)cc2)s1. The molecule has 0 aliphatic rings. The van der Waals surface area contributed by atoms with E-state index in [2.05, 4.69) is 10.2 Å². The van der Waals surface area contributed by atoms with Crippen molar-refractivity contribution in [1.29, 1.82) is 0 Å². The van der Waals surface area contributed by atoms with E-state index in [-0.39, 0.29) is 0 Å². The summed E-state index contributed by atoms with van der Waals surface area (Å²) in [6.45, 7) is 0.355. The average Bonchev–Trinajstić information content (AvgIpc) is 2.93. The smallest absolute Gasteiger partial charge is 0.203 e. The lowest BCUT2D eigenvalue weighted by atomic mass is 10.3. The topological polar surface area (TPSA) is 70.3 Å². The summed E-state index contributed by atoms with van der Waals surface area (Å²) in [6.07, 6.45) is 0. The Kier molecular flexibility index (Phi) is 3.97. The first-order valence-electron chi connectivity index (χ1n) is 6.33. The van der Waals surface area contributed by atoms with Crippen LogP contribution >= 0.6 is 11.3 Å². The summed E-state index contributed by atoms with van der Waals surface area (Å²) in [5, 5.41) is 8.83. The van der Waals surface area contributed by atoms with Gasteiger partial charge in [0.1, 0.15) is 23.9 Å². The predicted octanol–water partition coefficient (Wildman–Crippen LogP) is 3.49. The molecule has 0 saturated heterocycles. The molecule has 0 bridgehead atoms. The van der Waals surface area contributed by atoms with Crippen molar-refractivity contribution >= 4 is 16.5 Å². The molecule has 106 valence electrons. The second kappa shape index (κ2) is 6.23. The Bertz CT molecular complexity index is 698. The van der Waals surface area contributed by atoms with Crippen molar-refractivity contribution in [3.05, 3.63) is 59.6 Å². The number of nitrogens with two attached hydrogens (primary N) is 1. The van der Waals surface area contributed by atoms with Gasteiger partial charge in [0.05, 0.1) is 0 Å². The quantitative estimate of drug-likeness (QED) is 0.781. The number of hydrogen-bond donors (Lipinski definition) is 1. The summed E-state index contributed by atoms with van der Waals surface area (Å²) in [5.74, 6) is 2.30. The van der Waals surface area contributed by atoms with Crippen LogP contribution in [0.3, 0.4) is 0 Å². The Hall–Kier alpha value is -2.60. The molecule has 2 N–H and O–H groups in total. The van der Waals surface area contributed by atoms with Crippen molar-refractivity contribution in [3.8, 4) is 17.2 Å². The Morgan fingerprint density at radius 3 is 2.19 bits per heavy atom. The Labute approximate surface area is 126 Å². The van der Waals surface area contributed by atoms with Gasteiger partial charge in [-0.25, -0.2) is 0 Å². The van der Waals surface area contributed by atoms with Crippen molar-refractivity contribution in [2.45, 2.75) is 6.61 Å². The Morgan fingerprint density at radius 1 is 0.857 bits per heavy atom. The van der Waals surface area contributed by atoms with Crippen molar-refractivity contribution in [2.24, 2.45) is 0 Å². The summed E-state index contributed by atoms with van der Waals surface area (Å²) in [4.78, 5) is 0. The van der Waals surface area contributed by atoms with Crippen LogP contribution in [0.2, 0.25) is 0 Å². The Morgan fingerprint density at radius 2 is 1.52 bits per heavy atom. The van der Waals surface area contributed by atoms with Crippen molar-refractivity contribution in [3.63, 3.8) is 0 Å². The van der Waals surface area contributed by atoms with E-state index in [1.54, 1.807) is 0 Å². The van der Waals surface area contributed by atoms with Crippen LogP contribution in [0.5, 0.6) is 17.2 Å².